The maximum atomic E-state index is 11.5. The van der Waals surface area contributed by atoms with Crippen LogP contribution in [0.2, 0.25) is 0 Å². The molecular weight excluding hydrogens is 234 g/mol. The van der Waals surface area contributed by atoms with Gasteiger partial charge in [0, 0.05) is 5.75 Å². The van der Waals surface area contributed by atoms with Crippen LogP contribution in [0.25, 0.3) is 0 Å². The molecule has 17 heavy (non-hydrogen) atoms. The molecule has 0 heterocycles. The summed E-state index contributed by atoms with van der Waals surface area (Å²) in [6, 6.07) is 0. The zero-order valence-corrected chi connectivity index (χ0v) is 12.6. The minimum atomic E-state index is -2.78. The lowest BCUT2D eigenvalue weighted by Gasteiger charge is -2.13. The van der Waals surface area contributed by atoms with Crippen molar-refractivity contribution in [2.45, 2.75) is 47.0 Å². The number of nitrogens with one attached hydrogen (secondary N) is 1. The maximum absolute atomic E-state index is 11.5. The molecule has 1 N–H and O–H groups in total. The van der Waals surface area contributed by atoms with Crippen LogP contribution in [0.5, 0.6) is 0 Å². The highest BCUT2D eigenvalue weighted by Gasteiger charge is 2.10. The van der Waals surface area contributed by atoms with E-state index in [1.807, 2.05) is 6.92 Å². The van der Waals surface area contributed by atoms with Gasteiger partial charge in [-0.05, 0) is 44.2 Å². The highest BCUT2D eigenvalue weighted by Crippen LogP contribution is 2.07. The SMILES string of the molecule is CCCS(=O)(=O)CCCC(C)CNCC(C)C. The van der Waals surface area contributed by atoms with Crippen molar-refractivity contribution < 1.29 is 8.42 Å². The summed E-state index contributed by atoms with van der Waals surface area (Å²) in [5.41, 5.74) is 0. The summed E-state index contributed by atoms with van der Waals surface area (Å²) in [6.45, 7) is 10.5. The van der Waals surface area contributed by atoms with Crippen LogP contribution in [-0.4, -0.2) is 33.0 Å². The predicted molar refractivity (Wildman–Crippen MR) is 75.1 cm³/mol. The zero-order valence-electron chi connectivity index (χ0n) is 11.8. The number of sulfone groups is 1. The molecule has 0 bridgehead atoms. The van der Waals surface area contributed by atoms with Crippen LogP contribution in [0.3, 0.4) is 0 Å². The van der Waals surface area contributed by atoms with Crippen LogP contribution in [0.15, 0.2) is 0 Å². The van der Waals surface area contributed by atoms with Gasteiger partial charge in [-0.25, -0.2) is 8.42 Å². The van der Waals surface area contributed by atoms with Crippen molar-refractivity contribution in [1.82, 2.24) is 5.32 Å². The monoisotopic (exact) mass is 263 g/mol. The Morgan fingerprint density at radius 1 is 1.06 bits per heavy atom. The Balaban J connectivity index is 3.60. The van der Waals surface area contributed by atoms with Crippen LogP contribution in [0, 0.1) is 11.8 Å². The van der Waals surface area contributed by atoms with Gasteiger partial charge in [0.05, 0.1) is 5.75 Å². The van der Waals surface area contributed by atoms with E-state index in [0.29, 0.717) is 23.3 Å². The van der Waals surface area contributed by atoms with Gasteiger partial charge >= 0.3 is 0 Å². The standard InChI is InChI=1S/C13H29NO2S/c1-5-8-17(15,16)9-6-7-13(4)11-14-10-12(2)3/h12-14H,5-11H2,1-4H3. The molecule has 0 fully saturated rings. The molecule has 0 aromatic heterocycles. The van der Waals surface area contributed by atoms with Gasteiger partial charge in [0.25, 0.3) is 0 Å². The van der Waals surface area contributed by atoms with Gasteiger partial charge in [0.1, 0.15) is 9.84 Å². The van der Waals surface area contributed by atoms with Crippen molar-refractivity contribution in [3.8, 4) is 0 Å². The van der Waals surface area contributed by atoms with Crippen molar-refractivity contribution in [1.29, 1.82) is 0 Å². The first kappa shape index (κ1) is 16.9. The minimum absolute atomic E-state index is 0.340. The second kappa shape index (κ2) is 8.92. The first-order valence-corrected chi connectivity index (χ1v) is 8.60. The van der Waals surface area contributed by atoms with Crippen molar-refractivity contribution in [2.75, 3.05) is 24.6 Å². The van der Waals surface area contributed by atoms with Crippen molar-refractivity contribution in [3.63, 3.8) is 0 Å². The van der Waals surface area contributed by atoms with E-state index >= 15 is 0 Å². The third-order valence-electron chi connectivity index (χ3n) is 2.71. The van der Waals surface area contributed by atoms with Crippen LogP contribution < -0.4 is 5.32 Å². The third kappa shape index (κ3) is 10.8. The molecule has 0 spiro atoms. The van der Waals surface area contributed by atoms with Crippen molar-refractivity contribution in [2.24, 2.45) is 11.8 Å². The molecule has 104 valence electrons. The molecule has 0 radical (unpaired) electrons. The van der Waals surface area contributed by atoms with E-state index in [1.165, 1.54) is 0 Å². The molecular formula is C13H29NO2S. The quantitative estimate of drug-likeness (QED) is 0.658. The van der Waals surface area contributed by atoms with Gasteiger partial charge in [0.2, 0.25) is 0 Å². The molecule has 0 amide bonds. The Hall–Kier alpha value is -0.0900. The number of hydrogen-bond donors (Lipinski definition) is 1. The topological polar surface area (TPSA) is 46.2 Å². The predicted octanol–water partition coefficient (Wildman–Crippen LogP) is 2.47. The van der Waals surface area contributed by atoms with Crippen LogP contribution in [-0.2, 0) is 9.84 Å². The molecule has 0 aromatic rings. The van der Waals surface area contributed by atoms with E-state index in [0.717, 1.165) is 32.4 Å². The molecule has 0 aliphatic heterocycles. The molecule has 0 aliphatic rings. The average Bonchev–Trinajstić information content (AvgIpc) is 2.16. The Bertz CT molecular complexity index is 273. The molecule has 0 rings (SSSR count). The highest BCUT2D eigenvalue weighted by molar-refractivity contribution is 7.91. The van der Waals surface area contributed by atoms with Crippen molar-refractivity contribution in [3.05, 3.63) is 0 Å². The summed E-state index contributed by atoms with van der Waals surface area (Å²) in [6.07, 6.45) is 2.52. The van der Waals surface area contributed by atoms with Crippen LogP contribution >= 0.6 is 0 Å². The Kier molecular flexibility index (Phi) is 8.88. The Labute approximate surface area is 107 Å². The summed E-state index contributed by atoms with van der Waals surface area (Å²) < 4.78 is 23.0. The van der Waals surface area contributed by atoms with E-state index in [4.69, 9.17) is 0 Å². The van der Waals surface area contributed by atoms with E-state index in [1.54, 1.807) is 0 Å². The van der Waals surface area contributed by atoms with E-state index < -0.39 is 9.84 Å². The Morgan fingerprint density at radius 2 is 1.71 bits per heavy atom. The van der Waals surface area contributed by atoms with E-state index in [2.05, 4.69) is 26.1 Å². The van der Waals surface area contributed by atoms with Gasteiger partial charge in [-0.1, -0.05) is 27.7 Å². The van der Waals surface area contributed by atoms with Gasteiger partial charge in [-0.2, -0.15) is 0 Å². The fourth-order valence-electron chi connectivity index (χ4n) is 1.79. The van der Waals surface area contributed by atoms with Gasteiger partial charge in [0.15, 0.2) is 0 Å². The fourth-order valence-corrected chi connectivity index (χ4v) is 3.22. The second-order valence-corrected chi connectivity index (χ2v) is 7.75. The summed E-state index contributed by atoms with van der Waals surface area (Å²) in [4.78, 5) is 0. The first-order chi connectivity index (χ1) is 7.87. The Morgan fingerprint density at radius 3 is 2.24 bits per heavy atom. The zero-order chi connectivity index (χ0) is 13.3. The summed E-state index contributed by atoms with van der Waals surface area (Å²) in [5.74, 6) is 1.93. The minimum Gasteiger partial charge on any atom is -0.316 e. The number of hydrogen-bond acceptors (Lipinski definition) is 3. The molecule has 1 atom stereocenters. The smallest absolute Gasteiger partial charge is 0.150 e. The first-order valence-electron chi connectivity index (χ1n) is 6.78. The lowest BCUT2D eigenvalue weighted by molar-refractivity contribution is 0.450. The molecule has 0 aromatic carbocycles. The molecule has 0 saturated heterocycles. The van der Waals surface area contributed by atoms with Gasteiger partial charge < -0.3 is 5.32 Å². The van der Waals surface area contributed by atoms with Crippen molar-refractivity contribution >= 4 is 9.84 Å². The molecule has 4 heteroatoms. The van der Waals surface area contributed by atoms with Crippen LogP contribution in [0.4, 0.5) is 0 Å². The largest absolute Gasteiger partial charge is 0.316 e. The average molecular weight is 263 g/mol. The van der Waals surface area contributed by atoms with Crippen LogP contribution in [0.1, 0.15) is 47.0 Å². The second-order valence-electron chi connectivity index (χ2n) is 5.45. The lowest BCUT2D eigenvalue weighted by Crippen LogP contribution is -2.25. The molecule has 1 unspecified atom stereocenters. The normalized spacial score (nSPS) is 14.2. The third-order valence-corrected chi connectivity index (χ3v) is 4.65. The van der Waals surface area contributed by atoms with Gasteiger partial charge in [-0.15, -0.1) is 0 Å². The molecule has 3 nitrogen and oxygen atoms in total. The fraction of sp³-hybridized carbons (Fsp3) is 1.00. The van der Waals surface area contributed by atoms with E-state index in [9.17, 15) is 8.42 Å². The van der Waals surface area contributed by atoms with E-state index in [-0.39, 0.29) is 0 Å². The number of rotatable bonds is 10. The molecule has 0 saturated carbocycles. The molecule has 0 aliphatic carbocycles. The maximum Gasteiger partial charge on any atom is 0.150 e. The summed E-state index contributed by atoms with van der Waals surface area (Å²) >= 11 is 0. The van der Waals surface area contributed by atoms with Gasteiger partial charge in [-0.3, -0.25) is 0 Å². The lowest BCUT2D eigenvalue weighted by atomic mass is 10.1. The highest BCUT2D eigenvalue weighted by atomic mass is 32.2. The summed E-state index contributed by atoms with van der Waals surface area (Å²) in [5, 5.41) is 3.41. The summed E-state index contributed by atoms with van der Waals surface area (Å²) in [7, 11) is -2.78.